The summed E-state index contributed by atoms with van der Waals surface area (Å²) < 4.78 is 37.2. The zero-order valence-corrected chi connectivity index (χ0v) is 13.1. The lowest BCUT2D eigenvalue weighted by Crippen LogP contribution is -2.37. The zero-order valence-electron chi connectivity index (χ0n) is 12.3. The van der Waals surface area contributed by atoms with Crippen molar-refractivity contribution in [1.82, 2.24) is 10.6 Å². The summed E-state index contributed by atoms with van der Waals surface area (Å²) in [5.74, 6) is -0.969. The maximum absolute atomic E-state index is 12.4. The predicted molar refractivity (Wildman–Crippen MR) is 82.3 cm³/mol. The molecule has 0 saturated heterocycles. The van der Waals surface area contributed by atoms with Gasteiger partial charge in [-0.3, -0.25) is 9.59 Å². The molecular weight excluding hydrogens is 335 g/mol. The first kappa shape index (κ1) is 21.2. The Bertz CT molecular complexity index is 507. The van der Waals surface area contributed by atoms with Gasteiger partial charge in [-0.05, 0) is 43.7 Å². The van der Waals surface area contributed by atoms with Crippen LogP contribution in [0.25, 0.3) is 0 Å². The highest BCUT2D eigenvalue weighted by molar-refractivity contribution is 5.96. The second kappa shape index (κ2) is 10.1. The highest BCUT2D eigenvalue weighted by Crippen LogP contribution is 2.28. The Balaban J connectivity index is 0.00000484. The van der Waals surface area contributed by atoms with Crippen molar-refractivity contribution >= 4 is 24.2 Å². The number of carbonyl (C=O) groups is 2. The summed E-state index contributed by atoms with van der Waals surface area (Å²) in [5, 5.41) is 4.94. The molecule has 0 aliphatic heterocycles. The van der Waals surface area contributed by atoms with Crippen LogP contribution in [-0.4, -0.2) is 31.4 Å². The molecule has 9 heteroatoms. The van der Waals surface area contributed by atoms with Crippen LogP contribution in [0.2, 0.25) is 0 Å². The molecule has 0 aromatic heterocycles. The third kappa shape index (κ3) is 7.85. The van der Waals surface area contributed by atoms with E-state index < -0.39 is 17.6 Å². The molecule has 5 nitrogen and oxygen atoms in total. The smallest absolute Gasteiger partial charge is 0.355 e. The Morgan fingerprint density at radius 2 is 1.65 bits per heavy atom. The molecule has 0 atom stereocenters. The average Bonchev–Trinajstić information content (AvgIpc) is 2.48. The van der Waals surface area contributed by atoms with Crippen molar-refractivity contribution in [1.29, 1.82) is 0 Å². The molecule has 130 valence electrons. The van der Waals surface area contributed by atoms with Crippen LogP contribution in [0.1, 0.15) is 28.8 Å². The van der Waals surface area contributed by atoms with Gasteiger partial charge in [-0.2, -0.15) is 13.2 Å². The lowest BCUT2D eigenvalue weighted by molar-refractivity contribution is -0.137. The summed E-state index contributed by atoms with van der Waals surface area (Å²) in [6.45, 7) is 0.773. The van der Waals surface area contributed by atoms with Gasteiger partial charge in [0.05, 0.1) is 12.1 Å². The molecule has 0 unspecified atom stereocenters. The fourth-order valence-electron chi connectivity index (χ4n) is 1.63. The second-order valence-corrected chi connectivity index (χ2v) is 4.60. The minimum Gasteiger partial charge on any atom is -0.355 e. The van der Waals surface area contributed by atoms with E-state index in [1.807, 2.05) is 0 Å². The number of unbranched alkanes of at least 4 members (excludes halogenated alkanes) is 1. The largest absolute Gasteiger partial charge is 0.416 e. The van der Waals surface area contributed by atoms with Gasteiger partial charge in [-0.1, -0.05) is 0 Å². The Morgan fingerprint density at radius 3 is 2.17 bits per heavy atom. The van der Waals surface area contributed by atoms with Gasteiger partial charge in [-0.25, -0.2) is 0 Å². The average molecular weight is 354 g/mol. The number of benzene rings is 1. The van der Waals surface area contributed by atoms with Crippen molar-refractivity contribution in [3.8, 4) is 0 Å². The number of nitrogens with one attached hydrogen (secondary N) is 2. The Kier molecular flexibility index (Phi) is 9.28. The van der Waals surface area contributed by atoms with Crippen LogP contribution in [-0.2, 0) is 11.0 Å². The van der Waals surface area contributed by atoms with Crippen LogP contribution in [0.15, 0.2) is 24.3 Å². The van der Waals surface area contributed by atoms with Crippen molar-refractivity contribution in [2.45, 2.75) is 19.0 Å². The first-order chi connectivity index (χ1) is 10.3. The first-order valence-corrected chi connectivity index (χ1v) is 6.77. The van der Waals surface area contributed by atoms with E-state index in [-0.39, 0.29) is 30.4 Å². The molecular formula is C14H19ClF3N3O2. The third-order valence-electron chi connectivity index (χ3n) is 2.84. The molecule has 0 spiro atoms. The van der Waals surface area contributed by atoms with Gasteiger partial charge in [0, 0.05) is 12.1 Å². The lowest BCUT2D eigenvalue weighted by atomic mass is 10.1. The van der Waals surface area contributed by atoms with Crippen LogP contribution in [0.5, 0.6) is 0 Å². The summed E-state index contributed by atoms with van der Waals surface area (Å²) in [6.07, 6.45) is -2.91. The molecule has 0 heterocycles. The van der Waals surface area contributed by atoms with E-state index in [1.54, 1.807) is 0 Å². The molecule has 0 radical (unpaired) electrons. The number of halogens is 4. The molecule has 23 heavy (non-hydrogen) atoms. The number of hydrogen-bond acceptors (Lipinski definition) is 3. The number of amides is 2. The number of nitrogens with two attached hydrogens (primary N) is 1. The molecule has 0 aliphatic rings. The Hall–Kier alpha value is -1.80. The fraction of sp³-hybridized carbons (Fsp3) is 0.429. The van der Waals surface area contributed by atoms with Gasteiger partial charge in [-0.15, -0.1) is 12.4 Å². The SMILES string of the molecule is Cl.NCCCCNC(=O)CNC(=O)c1ccc(C(F)(F)F)cc1. The summed E-state index contributed by atoms with van der Waals surface area (Å²) in [6, 6.07) is 3.78. The van der Waals surface area contributed by atoms with Crippen LogP contribution in [0.4, 0.5) is 13.2 Å². The van der Waals surface area contributed by atoms with Gasteiger partial charge < -0.3 is 16.4 Å². The van der Waals surface area contributed by atoms with E-state index >= 15 is 0 Å². The highest BCUT2D eigenvalue weighted by Gasteiger charge is 2.30. The van der Waals surface area contributed by atoms with E-state index in [0.29, 0.717) is 13.1 Å². The molecule has 2 amide bonds. The minimum atomic E-state index is -4.45. The zero-order chi connectivity index (χ0) is 16.6. The highest BCUT2D eigenvalue weighted by atomic mass is 35.5. The van der Waals surface area contributed by atoms with Crippen molar-refractivity contribution in [2.75, 3.05) is 19.6 Å². The van der Waals surface area contributed by atoms with Crippen molar-refractivity contribution < 1.29 is 22.8 Å². The van der Waals surface area contributed by atoms with Crippen LogP contribution in [0, 0.1) is 0 Å². The summed E-state index contributed by atoms with van der Waals surface area (Å²) in [7, 11) is 0. The molecule has 1 aromatic carbocycles. The molecule has 0 bridgehead atoms. The molecule has 0 saturated carbocycles. The maximum Gasteiger partial charge on any atom is 0.416 e. The number of rotatable bonds is 7. The Morgan fingerprint density at radius 1 is 1.04 bits per heavy atom. The van der Waals surface area contributed by atoms with Crippen molar-refractivity contribution in [3.63, 3.8) is 0 Å². The molecule has 1 rings (SSSR count). The molecule has 1 aromatic rings. The molecule has 4 N–H and O–H groups in total. The summed E-state index contributed by atoms with van der Waals surface area (Å²) >= 11 is 0. The normalized spacial score (nSPS) is 10.6. The number of carbonyl (C=O) groups excluding carboxylic acids is 2. The topological polar surface area (TPSA) is 84.2 Å². The second-order valence-electron chi connectivity index (χ2n) is 4.60. The van der Waals surface area contributed by atoms with Gasteiger partial charge in [0.25, 0.3) is 5.91 Å². The number of alkyl halides is 3. The molecule has 0 fully saturated rings. The van der Waals surface area contributed by atoms with Gasteiger partial charge >= 0.3 is 6.18 Å². The van der Waals surface area contributed by atoms with E-state index in [4.69, 9.17) is 5.73 Å². The fourth-order valence-corrected chi connectivity index (χ4v) is 1.63. The van der Waals surface area contributed by atoms with Gasteiger partial charge in [0.2, 0.25) is 5.91 Å². The first-order valence-electron chi connectivity index (χ1n) is 6.77. The van der Waals surface area contributed by atoms with Crippen LogP contribution >= 0.6 is 12.4 Å². The third-order valence-corrected chi connectivity index (χ3v) is 2.84. The Labute approximate surface area is 138 Å². The minimum absolute atomic E-state index is 0. The van der Waals surface area contributed by atoms with Crippen LogP contribution < -0.4 is 16.4 Å². The predicted octanol–water partition coefficient (Wildman–Crippen LogP) is 1.71. The van der Waals surface area contributed by atoms with E-state index in [2.05, 4.69) is 10.6 Å². The summed E-state index contributed by atoms with van der Waals surface area (Å²) in [4.78, 5) is 23.1. The summed E-state index contributed by atoms with van der Waals surface area (Å²) in [5.41, 5.74) is 4.53. The van der Waals surface area contributed by atoms with Gasteiger partial charge in [0.15, 0.2) is 0 Å². The van der Waals surface area contributed by atoms with E-state index in [9.17, 15) is 22.8 Å². The van der Waals surface area contributed by atoms with E-state index in [0.717, 1.165) is 37.1 Å². The lowest BCUT2D eigenvalue weighted by Gasteiger charge is -2.08. The quantitative estimate of drug-likeness (QED) is 0.652. The number of hydrogen-bond donors (Lipinski definition) is 3. The standard InChI is InChI=1S/C14H18F3N3O2.ClH/c15-14(16,17)11-5-3-10(4-6-11)13(22)20-9-12(21)19-8-2-1-7-18;/h3-6H,1-2,7-9,18H2,(H,19,21)(H,20,22);1H. The molecule has 0 aliphatic carbocycles. The van der Waals surface area contributed by atoms with E-state index in [1.165, 1.54) is 0 Å². The van der Waals surface area contributed by atoms with Crippen LogP contribution in [0.3, 0.4) is 0 Å². The van der Waals surface area contributed by atoms with Gasteiger partial charge in [0.1, 0.15) is 0 Å². The van der Waals surface area contributed by atoms with Crippen molar-refractivity contribution in [3.05, 3.63) is 35.4 Å². The van der Waals surface area contributed by atoms with Crippen molar-refractivity contribution in [2.24, 2.45) is 5.73 Å². The monoisotopic (exact) mass is 353 g/mol. The maximum atomic E-state index is 12.4.